The molecule has 3 rings (SSSR count). The molecule has 0 aromatic heterocycles. The smallest absolute Gasteiger partial charge is 0.259 e. The molecule has 0 saturated carbocycles. The average molecular weight is 340 g/mol. The maximum atomic E-state index is 12.7. The van der Waals surface area contributed by atoms with Crippen molar-refractivity contribution in [1.82, 2.24) is 0 Å². The van der Waals surface area contributed by atoms with Gasteiger partial charge in [-0.1, -0.05) is 31.0 Å². The summed E-state index contributed by atoms with van der Waals surface area (Å²) in [6.45, 7) is 1.99. The van der Waals surface area contributed by atoms with Gasteiger partial charge in [-0.05, 0) is 37.1 Å². The number of amides is 1. The van der Waals surface area contributed by atoms with Crippen molar-refractivity contribution in [2.45, 2.75) is 25.7 Å². The topological polar surface area (TPSA) is 61.8 Å². The minimum atomic E-state index is -0.348. The zero-order valence-corrected chi connectivity index (χ0v) is 14.5. The lowest BCUT2D eigenvalue weighted by Crippen LogP contribution is -2.25. The average Bonchev–Trinajstić information content (AvgIpc) is 2.91. The molecule has 0 bridgehead atoms. The molecule has 0 aliphatic carbocycles. The van der Waals surface area contributed by atoms with Gasteiger partial charge < -0.3 is 20.1 Å². The normalized spacial score (nSPS) is 14.7. The molecule has 0 unspecified atom stereocenters. The molecular formula is C20H24N2O3. The van der Waals surface area contributed by atoms with Crippen LogP contribution in [0.3, 0.4) is 0 Å². The first-order valence-corrected chi connectivity index (χ1v) is 8.72. The van der Waals surface area contributed by atoms with Crippen molar-refractivity contribution >= 4 is 17.3 Å². The van der Waals surface area contributed by atoms with Gasteiger partial charge in [-0.2, -0.15) is 0 Å². The number of hydrogen-bond donors (Lipinski definition) is 2. The molecule has 1 amide bonds. The second kappa shape index (κ2) is 7.92. The van der Waals surface area contributed by atoms with Crippen LogP contribution in [0.15, 0.2) is 42.5 Å². The van der Waals surface area contributed by atoms with Crippen LogP contribution < -0.4 is 15.0 Å². The number of ether oxygens (including phenoxy) is 1. The molecule has 0 spiro atoms. The molecule has 2 N–H and O–H groups in total. The Morgan fingerprint density at radius 2 is 1.76 bits per heavy atom. The first-order valence-electron chi connectivity index (χ1n) is 8.72. The van der Waals surface area contributed by atoms with Crippen molar-refractivity contribution in [1.29, 1.82) is 0 Å². The number of para-hydroxylation sites is 3. The number of carbonyl (C=O) groups is 1. The van der Waals surface area contributed by atoms with Crippen LogP contribution in [0.25, 0.3) is 0 Å². The fourth-order valence-electron chi connectivity index (χ4n) is 3.23. The Labute approximate surface area is 148 Å². The van der Waals surface area contributed by atoms with Gasteiger partial charge in [0.2, 0.25) is 0 Å². The van der Waals surface area contributed by atoms with Gasteiger partial charge in [0.15, 0.2) is 11.5 Å². The van der Waals surface area contributed by atoms with Crippen LogP contribution in [0.1, 0.15) is 36.0 Å². The highest BCUT2D eigenvalue weighted by Crippen LogP contribution is 2.32. The second-order valence-corrected chi connectivity index (χ2v) is 6.23. The van der Waals surface area contributed by atoms with Gasteiger partial charge in [-0.3, -0.25) is 4.79 Å². The summed E-state index contributed by atoms with van der Waals surface area (Å²) < 4.78 is 5.08. The summed E-state index contributed by atoms with van der Waals surface area (Å²) in [5, 5.41) is 13.1. The number of benzene rings is 2. The highest BCUT2D eigenvalue weighted by atomic mass is 16.5. The summed E-state index contributed by atoms with van der Waals surface area (Å²) in [7, 11) is 1.46. The van der Waals surface area contributed by atoms with E-state index < -0.39 is 0 Å². The standard InChI is InChI=1S/C20H24N2O3/c1-25-18-12-8-9-15(19(18)23)20(24)21-16-10-4-5-11-17(16)22-13-6-2-3-7-14-22/h4-5,8-12,23H,2-3,6-7,13-14H2,1H3,(H,21,24). The van der Waals surface area contributed by atoms with E-state index >= 15 is 0 Å². The van der Waals surface area contributed by atoms with E-state index in [4.69, 9.17) is 4.74 Å². The minimum Gasteiger partial charge on any atom is -0.504 e. The van der Waals surface area contributed by atoms with Crippen molar-refractivity contribution < 1.29 is 14.6 Å². The summed E-state index contributed by atoms with van der Waals surface area (Å²) in [5.41, 5.74) is 1.99. The molecule has 1 aliphatic rings. The summed E-state index contributed by atoms with van der Waals surface area (Å²) in [5.74, 6) is -0.207. The third-order valence-corrected chi connectivity index (χ3v) is 4.56. The van der Waals surface area contributed by atoms with Gasteiger partial charge in [0.25, 0.3) is 5.91 Å². The van der Waals surface area contributed by atoms with Crippen molar-refractivity contribution in [2.24, 2.45) is 0 Å². The largest absolute Gasteiger partial charge is 0.504 e. The number of nitrogens with one attached hydrogen (secondary N) is 1. The van der Waals surface area contributed by atoms with Gasteiger partial charge in [0, 0.05) is 13.1 Å². The summed E-state index contributed by atoms with van der Waals surface area (Å²) in [6, 6.07) is 12.7. The first kappa shape index (κ1) is 17.1. The van der Waals surface area contributed by atoms with Crippen LogP contribution >= 0.6 is 0 Å². The van der Waals surface area contributed by atoms with Crippen LogP contribution in [-0.2, 0) is 0 Å². The van der Waals surface area contributed by atoms with Gasteiger partial charge in [-0.25, -0.2) is 0 Å². The molecule has 132 valence electrons. The third-order valence-electron chi connectivity index (χ3n) is 4.56. The lowest BCUT2D eigenvalue weighted by molar-refractivity contribution is 0.102. The van der Waals surface area contributed by atoms with E-state index in [-0.39, 0.29) is 23.0 Å². The highest BCUT2D eigenvalue weighted by molar-refractivity contribution is 6.08. The quantitative estimate of drug-likeness (QED) is 0.882. The lowest BCUT2D eigenvalue weighted by Gasteiger charge is -2.25. The summed E-state index contributed by atoms with van der Waals surface area (Å²) in [4.78, 5) is 15.0. The molecule has 1 saturated heterocycles. The van der Waals surface area contributed by atoms with Crippen LogP contribution in [-0.4, -0.2) is 31.2 Å². The van der Waals surface area contributed by atoms with Gasteiger partial charge in [0.1, 0.15) is 0 Å². The Morgan fingerprint density at radius 3 is 2.48 bits per heavy atom. The molecule has 0 radical (unpaired) electrons. The molecule has 1 fully saturated rings. The Morgan fingerprint density at radius 1 is 1.04 bits per heavy atom. The van der Waals surface area contributed by atoms with E-state index in [1.807, 2.05) is 24.3 Å². The molecule has 25 heavy (non-hydrogen) atoms. The maximum absolute atomic E-state index is 12.7. The third kappa shape index (κ3) is 3.87. The van der Waals surface area contributed by atoms with E-state index in [0.29, 0.717) is 0 Å². The zero-order valence-electron chi connectivity index (χ0n) is 14.5. The van der Waals surface area contributed by atoms with Crippen LogP contribution in [0.2, 0.25) is 0 Å². The molecule has 5 nitrogen and oxygen atoms in total. The van der Waals surface area contributed by atoms with Crippen molar-refractivity contribution in [3.05, 3.63) is 48.0 Å². The Hall–Kier alpha value is -2.69. The lowest BCUT2D eigenvalue weighted by atomic mass is 10.1. The van der Waals surface area contributed by atoms with E-state index in [1.165, 1.54) is 32.8 Å². The number of phenols is 1. The SMILES string of the molecule is COc1cccc(C(=O)Nc2ccccc2N2CCCCCC2)c1O. The monoisotopic (exact) mass is 340 g/mol. The minimum absolute atomic E-state index is 0.144. The number of aromatic hydroxyl groups is 1. The fourth-order valence-corrected chi connectivity index (χ4v) is 3.23. The molecule has 2 aromatic carbocycles. The number of rotatable bonds is 4. The zero-order chi connectivity index (χ0) is 17.6. The number of phenolic OH excluding ortho intramolecular Hbond substituents is 1. The number of nitrogens with zero attached hydrogens (tertiary/aromatic N) is 1. The van der Waals surface area contributed by atoms with Gasteiger partial charge in [0.05, 0.1) is 24.0 Å². The van der Waals surface area contributed by atoms with Crippen molar-refractivity contribution in [2.75, 3.05) is 30.4 Å². The fraction of sp³-hybridized carbons (Fsp3) is 0.350. The second-order valence-electron chi connectivity index (χ2n) is 6.23. The van der Waals surface area contributed by atoms with E-state index in [1.54, 1.807) is 18.2 Å². The van der Waals surface area contributed by atoms with Crippen molar-refractivity contribution in [3.8, 4) is 11.5 Å². The number of hydrogen-bond acceptors (Lipinski definition) is 4. The van der Waals surface area contributed by atoms with E-state index in [9.17, 15) is 9.90 Å². The van der Waals surface area contributed by atoms with E-state index in [2.05, 4.69) is 10.2 Å². The Bertz CT molecular complexity index is 737. The highest BCUT2D eigenvalue weighted by Gasteiger charge is 2.18. The maximum Gasteiger partial charge on any atom is 0.259 e. The Kier molecular flexibility index (Phi) is 5.43. The number of anilines is 2. The van der Waals surface area contributed by atoms with Gasteiger partial charge >= 0.3 is 0 Å². The predicted molar refractivity (Wildman–Crippen MR) is 99.7 cm³/mol. The molecule has 1 heterocycles. The van der Waals surface area contributed by atoms with Crippen LogP contribution in [0.4, 0.5) is 11.4 Å². The summed E-state index contributed by atoms with van der Waals surface area (Å²) >= 11 is 0. The predicted octanol–water partition coefficient (Wildman–Crippen LogP) is 4.03. The first-order chi connectivity index (χ1) is 12.2. The van der Waals surface area contributed by atoms with Crippen molar-refractivity contribution in [3.63, 3.8) is 0 Å². The van der Waals surface area contributed by atoms with E-state index in [0.717, 1.165) is 24.5 Å². The Balaban J connectivity index is 1.84. The summed E-state index contributed by atoms with van der Waals surface area (Å²) in [6.07, 6.45) is 4.84. The molecule has 2 aromatic rings. The molecular weight excluding hydrogens is 316 g/mol. The number of methoxy groups -OCH3 is 1. The molecule has 5 heteroatoms. The number of carbonyl (C=O) groups excluding carboxylic acids is 1. The molecule has 0 atom stereocenters. The van der Waals surface area contributed by atoms with Gasteiger partial charge in [-0.15, -0.1) is 0 Å². The molecule has 1 aliphatic heterocycles. The van der Waals surface area contributed by atoms with Crippen LogP contribution in [0, 0.1) is 0 Å². The van der Waals surface area contributed by atoms with Crippen LogP contribution in [0.5, 0.6) is 11.5 Å².